The van der Waals surface area contributed by atoms with Crippen LogP contribution in [0.1, 0.15) is 32.8 Å². The molecule has 0 spiro atoms. The van der Waals surface area contributed by atoms with Crippen molar-refractivity contribution in [1.82, 2.24) is 9.88 Å². The molecular weight excluding hydrogens is 339 g/mol. The van der Waals surface area contributed by atoms with Gasteiger partial charge in [-0.3, -0.25) is 4.90 Å². The van der Waals surface area contributed by atoms with E-state index in [4.69, 9.17) is 0 Å². The Labute approximate surface area is 144 Å². The van der Waals surface area contributed by atoms with Crippen molar-refractivity contribution in [3.8, 4) is 5.88 Å². The average Bonchev–Trinajstić information content (AvgIpc) is 2.92. The predicted molar refractivity (Wildman–Crippen MR) is 86.0 cm³/mol. The van der Waals surface area contributed by atoms with Gasteiger partial charge in [-0.1, -0.05) is 0 Å². The van der Waals surface area contributed by atoms with Crippen molar-refractivity contribution in [3.63, 3.8) is 0 Å². The van der Waals surface area contributed by atoms with Crippen molar-refractivity contribution in [1.29, 1.82) is 0 Å². The third kappa shape index (κ3) is 4.08. The topological polar surface area (TPSA) is 65.9 Å². The lowest BCUT2D eigenvalue weighted by Crippen LogP contribution is -2.52. The second kappa shape index (κ2) is 6.61. The normalized spacial score (nSPS) is 18.4. The van der Waals surface area contributed by atoms with E-state index in [9.17, 15) is 23.1 Å². The van der Waals surface area contributed by atoms with Gasteiger partial charge in [-0.2, -0.15) is 13.2 Å². The maximum atomic E-state index is 13.1. The highest BCUT2D eigenvalue weighted by Crippen LogP contribution is 2.38. The average molecular weight is 361 g/mol. The molecule has 1 atom stereocenters. The van der Waals surface area contributed by atoms with E-state index >= 15 is 0 Å². The highest BCUT2D eigenvalue weighted by atomic mass is 19.4. The Morgan fingerprint density at radius 3 is 2.52 bits per heavy atom. The number of aromatic nitrogens is 1. The lowest BCUT2D eigenvalue weighted by atomic mass is 10.0. The number of amides is 1. The molecule has 2 heterocycles. The molecule has 1 aromatic heterocycles. The predicted octanol–water partition coefficient (Wildman–Crippen LogP) is 3.47. The van der Waals surface area contributed by atoms with Crippen LogP contribution in [0.2, 0.25) is 0 Å². The highest BCUT2D eigenvalue weighted by Gasteiger charge is 2.39. The Morgan fingerprint density at radius 1 is 1.40 bits per heavy atom. The van der Waals surface area contributed by atoms with Crippen molar-refractivity contribution in [3.05, 3.63) is 17.8 Å². The largest absolute Gasteiger partial charge is 0.481 e. The number of halogens is 3. The van der Waals surface area contributed by atoms with Gasteiger partial charge in [0.1, 0.15) is 5.56 Å². The fourth-order valence-corrected chi connectivity index (χ4v) is 3.16. The van der Waals surface area contributed by atoms with Crippen LogP contribution in [0.25, 0.3) is 0 Å². The first-order valence-corrected chi connectivity index (χ1v) is 7.83. The van der Waals surface area contributed by atoms with Crippen LogP contribution in [0.15, 0.2) is 12.3 Å². The molecule has 1 aliphatic rings. The molecule has 1 aliphatic heterocycles. The number of nitrogens with zero attached hydrogens (tertiary/aromatic N) is 3. The first kappa shape index (κ1) is 19.1. The van der Waals surface area contributed by atoms with Crippen molar-refractivity contribution >= 4 is 11.8 Å². The van der Waals surface area contributed by atoms with Crippen LogP contribution in [0, 0.1) is 0 Å². The second-order valence-electron chi connectivity index (χ2n) is 6.96. The molecule has 0 aromatic carbocycles. The number of ether oxygens (including phenoxy) is 1. The third-order valence-corrected chi connectivity index (χ3v) is 4.16. The minimum Gasteiger partial charge on any atom is -0.481 e. The van der Waals surface area contributed by atoms with E-state index in [1.54, 1.807) is 25.7 Å². The van der Waals surface area contributed by atoms with E-state index in [2.05, 4.69) is 9.72 Å². The van der Waals surface area contributed by atoms with Crippen LogP contribution >= 0.6 is 0 Å². The Bertz CT molecular complexity index is 644. The van der Waals surface area contributed by atoms with Gasteiger partial charge in [-0.15, -0.1) is 0 Å². The van der Waals surface area contributed by atoms with E-state index in [0.717, 1.165) is 13.2 Å². The number of anilines is 1. The zero-order valence-corrected chi connectivity index (χ0v) is 14.6. The first-order valence-electron chi connectivity index (χ1n) is 7.83. The number of pyridine rings is 1. The van der Waals surface area contributed by atoms with Crippen LogP contribution in [-0.4, -0.2) is 52.9 Å². The summed E-state index contributed by atoms with van der Waals surface area (Å²) in [5, 5.41) is 9.47. The van der Waals surface area contributed by atoms with Gasteiger partial charge in [-0.25, -0.2) is 9.78 Å². The maximum absolute atomic E-state index is 13.1. The molecule has 1 fully saturated rings. The van der Waals surface area contributed by atoms with Gasteiger partial charge in [0.25, 0.3) is 0 Å². The number of rotatable bonds is 3. The molecule has 9 heteroatoms. The van der Waals surface area contributed by atoms with Crippen LogP contribution in [0.5, 0.6) is 5.88 Å². The number of hydrogen-bond acceptors (Lipinski definition) is 4. The molecule has 1 amide bonds. The second-order valence-corrected chi connectivity index (χ2v) is 6.96. The van der Waals surface area contributed by atoms with Gasteiger partial charge in [0, 0.05) is 18.6 Å². The van der Waals surface area contributed by atoms with Crippen LogP contribution < -0.4 is 9.64 Å². The smallest absolute Gasteiger partial charge is 0.421 e. The number of carboxylic acid groups (broad SMARTS) is 1. The highest BCUT2D eigenvalue weighted by molar-refractivity contribution is 5.67. The minimum absolute atomic E-state index is 0.297. The van der Waals surface area contributed by atoms with E-state index in [0.29, 0.717) is 25.2 Å². The summed E-state index contributed by atoms with van der Waals surface area (Å²) >= 11 is 0. The standard InChI is InChI=1S/C16H22F3N3O3/c1-15(2,3)22(14(23)24)10-5-6-21(9-10)11-7-12(16(17,18)19)13(25-4)20-8-11/h7-8,10H,5-6,9H2,1-4H3,(H,23,24). The van der Waals surface area contributed by atoms with Gasteiger partial charge in [-0.05, 0) is 33.3 Å². The number of hydrogen-bond donors (Lipinski definition) is 1. The summed E-state index contributed by atoms with van der Waals surface area (Å²) in [6, 6.07) is 0.699. The zero-order chi connectivity index (χ0) is 19.0. The van der Waals surface area contributed by atoms with E-state index in [1.165, 1.54) is 11.1 Å². The fourth-order valence-electron chi connectivity index (χ4n) is 3.16. The molecule has 0 radical (unpaired) electrons. The number of carbonyl (C=O) groups is 1. The maximum Gasteiger partial charge on any atom is 0.421 e. The molecule has 0 saturated carbocycles. The van der Waals surface area contributed by atoms with Gasteiger partial charge in [0.05, 0.1) is 25.0 Å². The summed E-state index contributed by atoms with van der Waals surface area (Å²) in [4.78, 5) is 18.4. The molecule has 6 nitrogen and oxygen atoms in total. The SMILES string of the molecule is COc1ncc(N2CCC(N(C(=O)O)C(C)(C)C)C2)cc1C(F)(F)F. The molecule has 1 N–H and O–H groups in total. The van der Waals surface area contributed by atoms with Crippen LogP contribution in [0.3, 0.4) is 0 Å². The summed E-state index contributed by atoms with van der Waals surface area (Å²) in [5.74, 6) is -0.478. The number of methoxy groups -OCH3 is 1. The summed E-state index contributed by atoms with van der Waals surface area (Å²) in [6.45, 7) is 6.14. The Morgan fingerprint density at radius 2 is 2.04 bits per heavy atom. The van der Waals surface area contributed by atoms with E-state index in [1.807, 2.05) is 0 Å². The van der Waals surface area contributed by atoms with Gasteiger partial charge < -0.3 is 14.7 Å². The molecule has 1 unspecified atom stereocenters. The monoisotopic (exact) mass is 361 g/mol. The third-order valence-electron chi connectivity index (χ3n) is 4.16. The van der Waals surface area contributed by atoms with Crippen molar-refractivity contribution < 1.29 is 27.8 Å². The van der Waals surface area contributed by atoms with Gasteiger partial charge in [0.2, 0.25) is 5.88 Å². The summed E-state index contributed by atoms with van der Waals surface area (Å²) in [7, 11) is 1.14. The van der Waals surface area contributed by atoms with Crippen molar-refractivity contribution in [2.24, 2.45) is 0 Å². The fraction of sp³-hybridized carbons (Fsp3) is 0.625. The molecule has 0 aliphatic carbocycles. The van der Waals surface area contributed by atoms with E-state index < -0.39 is 29.3 Å². The lowest BCUT2D eigenvalue weighted by Gasteiger charge is -2.38. The zero-order valence-electron chi connectivity index (χ0n) is 14.6. The summed E-state index contributed by atoms with van der Waals surface area (Å²) < 4.78 is 44.1. The molecule has 1 aromatic rings. The Hall–Kier alpha value is -2.19. The van der Waals surface area contributed by atoms with Gasteiger partial charge >= 0.3 is 12.3 Å². The molecule has 1 saturated heterocycles. The lowest BCUT2D eigenvalue weighted by molar-refractivity contribution is -0.139. The first-order chi connectivity index (χ1) is 11.4. The van der Waals surface area contributed by atoms with Gasteiger partial charge in [0.15, 0.2) is 0 Å². The minimum atomic E-state index is -4.58. The van der Waals surface area contributed by atoms with Crippen LogP contribution in [0.4, 0.5) is 23.7 Å². The van der Waals surface area contributed by atoms with Crippen molar-refractivity contribution in [2.45, 2.75) is 44.9 Å². The van der Waals surface area contributed by atoms with Crippen molar-refractivity contribution in [2.75, 3.05) is 25.1 Å². The molecule has 25 heavy (non-hydrogen) atoms. The molecule has 140 valence electrons. The quantitative estimate of drug-likeness (QED) is 0.893. The number of alkyl halides is 3. The summed E-state index contributed by atoms with van der Waals surface area (Å²) in [6.07, 6.45) is -3.76. The molecule has 0 bridgehead atoms. The van der Waals surface area contributed by atoms with Crippen LogP contribution in [-0.2, 0) is 6.18 Å². The summed E-state index contributed by atoms with van der Waals surface area (Å²) in [5.41, 5.74) is -1.24. The van der Waals surface area contributed by atoms with E-state index in [-0.39, 0.29) is 6.04 Å². The molecule has 2 rings (SSSR count). The Balaban J connectivity index is 2.26. The molecular formula is C16H22F3N3O3. The Kier molecular flexibility index (Phi) is 5.06.